The van der Waals surface area contributed by atoms with Crippen molar-refractivity contribution in [2.45, 2.75) is 0 Å². The number of rotatable bonds is 2. The molecule has 0 N–H and O–H groups in total. The van der Waals surface area contributed by atoms with Gasteiger partial charge in [-0.25, -0.2) is 9.97 Å². The minimum absolute atomic E-state index is 0.670. The van der Waals surface area contributed by atoms with E-state index in [0.717, 1.165) is 59.8 Å². The lowest BCUT2D eigenvalue weighted by Gasteiger charge is -2.12. The second-order valence-corrected chi connectivity index (χ2v) is 15.0. The maximum absolute atomic E-state index is 6.22. The molecule has 12 aromatic rings. The predicted octanol–water partition coefficient (Wildman–Crippen LogP) is 13.0. The molecule has 12 rings (SSSR count). The van der Waals surface area contributed by atoms with Crippen LogP contribution in [-0.2, 0) is 0 Å². The molecule has 5 heterocycles. The molecule has 0 aliphatic carbocycles. The molecule has 0 saturated heterocycles. The molecule has 6 heteroatoms. The molecule has 232 valence electrons. The van der Waals surface area contributed by atoms with Crippen molar-refractivity contribution in [3.05, 3.63) is 140 Å². The average molecular weight is 674 g/mol. The molecule has 5 aromatic heterocycles. The van der Waals surface area contributed by atoms with E-state index in [1.54, 1.807) is 11.3 Å². The van der Waals surface area contributed by atoms with Crippen molar-refractivity contribution >= 4 is 118 Å². The van der Waals surface area contributed by atoms with E-state index < -0.39 is 0 Å². The van der Waals surface area contributed by atoms with Crippen LogP contribution in [0, 0.1) is 0 Å². The van der Waals surface area contributed by atoms with Gasteiger partial charge in [0.2, 0.25) is 5.95 Å². The first-order valence-electron chi connectivity index (χ1n) is 16.7. The maximum atomic E-state index is 6.22. The van der Waals surface area contributed by atoms with E-state index in [0.29, 0.717) is 5.95 Å². The Hall–Kier alpha value is -6.08. The van der Waals surface area contributed by atoms with Gasteiger partial charge in [-0.05, 0) is 42.5 Å². The Morgan fingerprint density at radius 3 is 1.98 bits per heavy atom. The fourth-order valence-electron chi connectivity index (χ4n) is 8.07. The fourth-order valence-corrected chi connectivity index (χ4v) is 10.5. The van der Waals surface area contributed by atoms with Crippen LogP contribution in [-0.4, -0.2) is 14.5 Å². The standard InChI is InChI=1S/C44H23N3OS2/c1-2-13-27-26(12-1)41-37(38-29-15-5-9-19-35(29)49-42(27)38)28-14-3-7-17-32(28)47(41)44-45-39(43-40(46-44)30-16-6-10-20-36(30)50-43)24-21-22-34-31(23-24)25-11-4-8-18-33(25)48-34/h1-23H. The van der Waals surface area contributed by atoms with E-state index in [1.807, 2.05) is 23.5 Å². The average Bonchev–Trinajstić information content (AvgIpc) is 3.93. The van der Waals surface area contributed by atoms with E-state index in [-0.39, 0.29) is 0 Å². The Bertz CT molecular complexity index is 3400. The molecular weight excluding hydrogens is 651 g/mol. The van der Waals surface area contributed by atoms with Gasteiger partial charge in [0.25, 0.3) is 0 Å². The number of hydrogen-bond acceptors (Lipinski definition) is 5. The number of hydrogen-bond donors (Lipinski definition) is 0. The number of fused-ring (bicyclic) bond motifs is 16. The molecule has 0 unspecified atom stereocenters. The highest BCUT2D eigenvalue weighted by atomic mass is 32.1. The number of para-hydroxylation sites is 2. The van der Waals surface area contributed by atoms with Gasteiger partial charge in [0.05, 0.1) is 26.9 Å². The van der Waals surface area contributed by atoms with Crippen molar-refractivity contribution in [1.82, 2.24) is 14.5 Å². The Labute approximate surface area is 292 Å². The first kappa shape index (κ1) is 26.8. The molecule has 0 radical (unpaired) electrons. The molecule has 0 fully saturated rings. The Morgan fingerprint density at radius 1 is 0.480 bits per heavy atom. The molecule has 0 aliphatic rings. The van der Waals surface area contributed by atoms with Crippen molar-refractivity contribution in [3.8, 4) is 17.2 Å². The van der Waals surface area contributed by atoms with Crippen LogP contribution in [0.3, 0.4) is 0 Å². The smallest absolute Gasteiger partial charge is 0.235 e. The first-order chi connectivity index (χ1) is 24.8. The number of benzene rings is 7. The van der Waals surface area contributed by atoms with Gasteiger partial charge in [-0.3, -0.25) is 4.57 Å². The third-order valence-electron chi connectivity index (χ3n) is 10.2. The topological polar surface area (TPSA) is 43.9 Å². The minimum atomic E-state index is 0.670. The first-order valence-corrected chi connectivity index (χ1v) is 18.3. The highest BCUT2D eigenvalue weighted by Gasteiger charge is 2.24. The van der Waals surface area contributed by atoms with Crippen molar-refractivity contribution in [2.24, 2.45) is 0 Å². The van der Waals surface area contributed by atoms with Crippen LogP contribution in [0.4, 0.5) is 0 Å². The summed E-state index contributed by atoms with van der Waals surface area (Å²) in [4.78, 5) is 11.0. The van der Waals surface area contributed by atoms with Crippen LogP contribution < -0.4 is 0 Å². The Kier molecular flexibility index (Phi) is 5.23. The van der Waals surface area contributed by atoms with E-state index in [9.17, 15) is 0 Å². The van der Waals surface area contributed by atoms with Gasteiger partial charge in [0.15, 0.2) is 0 Å². The number of furan rings is 1. The SMILES string of the molecule is c1ccc2c(c1)oc1ccc(-c3nc(-n4c5ccccc5c5c6c7ccccc7sc6c6ccccc6c54)nc4c3sc3ccccc34)cc12. The van der Waals surface area contributed by atoms with Gasteiger partial charge in [-0.2, -0.15) is 0 Å². The lowest BCUT2D eigenvalue weighted by atomic mass is 10.00. The largest absolute Gasteiger partial charge is 0.456 e. The second-order valence-electron chi connectivity index (χ2n) is 12.9. The predicted molar refractivity (Wildman–Crippen MR) is 212 cm³/mol. The summed E-state index contributed by atoms with van der Waals surface area (Å²) in [5.74, 6) is 0.670. The Morgan fingerprint density at radius 2 is 1.12 bits per heavy atom. The van der Waals surface area contributed by atoms with Crippen molar-refractivity contribution in [1.29, 1.82) is 0 Å². The van der Waals surface area contributed by atoms with E-state index >= 15 is 0 Å². The van der Waals surface area contributed by atoms with Crippen LogP contribution in [0.2, 0.25) is 0 Å². The summed E-state index contributed by atoms with van der Waals surface area (Å²) in [5.41, 5.74) is 6.93. The highest BCUT2D eigenvalue weighted by Crippen LogP contribution is 2.48. The van der Waals surface area contributed by atoms with Gasteiger partial charge < -0.3 is 4.42 Å². The zero-order chi connectivity index (χ0) is 32.5. The summed E-state index contributed by atoms with van der Waals surface area (Å²) in [6.07, 6.45) is 0. The minimum Gasteiger partial charge on any atom is -0.456 e. The van der Waals surface area contributed by atoms with Crippen molar-refractivity contribution in [2.75, 3.05) is 0 Å². The quantitative estimate of drug-likeness (QED) is 0.183. The zero-order valence-electron chi connectivity index (χ0n) is 26.3. The number of thiophene rings is 2. The maximum Gasteiger partial charge on any atom is 0.235 e. The fraction of sp³-hybridized carbons (Fsp3) is 0. The van der Waals surface area contributed by atoms with Gasteiger partial charge in [-0.15, -0.1) is 22.7 Å². The monoisotopic (exact) mass is 673 g/mol. The summed E-state index contributed by atoms with van der Waals surface area (Å²) >= 11 is 3.64. The highest BCUT2D eigenvalue weighted by molar-refractivity contribution is 7.27. The molecule has 0 bridgehead atoms. The molecule has 4 nitrogen and oxygen atoms in total. The summed E-state index contributed by atoms with van der Waals surface area (Å²) in [6, 6.07) is 49.6. The van der Waals surface area contributed by atoms with E-state index in [2.05, 4.69) is 132 Å². The van der Waals surface area contributed by atoms with Gasteiger partial charge >= 0.3 is 0 Å². The van der Waals surface area contributed by atoms with Crippen molar-refractivity contribution in [3.63, 3.8) is 0 Å². The second kappa shape index (κ2) is 9.76. The molecule has 50 heavy (non-hydrogen) atoms. The summed E-state index contributed by atoms with van der Waals surface area (Å²) < 4.78 is 13.4. The van der Waals surface area contributed by atoms with Crippen LogP contribution in [0.1, 0.15) is 0 Å². The van der Waals surface area contributed by atoms with Crippen LogP contribution in [0.15, 0.2) is 144 Å². The van der Waals surface area contributed by atoms with Gasteiger partial charge in [-0.1, -0.05) is 97.1 Å². The van der Waals surface area contributed by atoms with Gasteiger partial charge in [0.1, 0.15) is 11.2 Å². The van der Waals surface area contributed by atoms with Crippen LogP contribution >= 0.6 is 22.7 Å². The third kappa shape index (κ3) is 3.49. The molecule has 0 saturated carbocycles. The summed E-state index contributed by atoms with van der Waals surface area (Å²) in [6.45, 7) is 0. The molecule has 7 aromatic carbocycles. The lowest BCUT2D eigenvalue weighted by molar-refractivity contribution is 0.669. The number of nitrogens with zero attached hydrogens (tertiary/aromatic N) is 3. The molecule has 0 amide bonds. The molecular formula is C44H23N3OS2. The van der Waals surface area contributed by atoms with Crippen LogP contribution in [0.25, 0.3) is 112 Å². The van der Waals surface area contributed by atoms with Crippen molar-refractivity contribution < 1.29 is 4.42 Å². The summed E-state index contributed by atoms with van der Waals surface area (Å²) in [7, 11) is 0. The summed E-state index contributed by atoms with van der Waals surface area (Å²) in [5, 5.41) is 10.8. The van der Waals surface area contributed by atoms with E-state index in [1.165, 1.54) is 46.4 Å². The molecule has 0 atom stereocenters. The van der Waals surface area contributed by atoms with Gasteiger partial charge in [0, 0.05) is 68.1 Å². The van der Waals surface area contributed by atoms with E-state index in [4.69, 9.17) is 14.4 Å². The normalized spacial score (nSPS) is 12.4. The molecule has 0 spiro atoms. The molecule has 0 aliphatic heterocycles. The third-order valence-corrected chi connectivity index (χ3v) is 12.6. The number of aromatic nitrogens is 3. The zero-order valence-corrected chi connectivity index (χ0v) is 28.0. The van der Waals surface area contributed by atoms with Crippen LogP contribution in [0.5, 0.6) is 0 Å². The lowest BCUT2D eigenvalue weighted by Crippen LogP contribution is -2.03. The Balaban J connectivity index is 1.27.